The van der Waals surface area contributed by atoms with Crippen molar-refractivity contribution in [1.82, 2.24) is 5.32 Å². The SMILES string of the molecule is [CH2]C(CCCC)NCCCCCC. The summed E-state index contributed by atoms with van der Waals surface area (Å²) in [5.41, 5.74) is 0. The number of nitrogens with one attached hydrogen (secondary N) is 1. The zero-order valence-corrected chi connectivity index (χ0v) is 9.44. The van der Waals surface area contributed by atoms with Gasteiger partial charge in [-0.25, -0.2) is 0 Å². The van der Waals surface area contributed by atoms with Crippen LogP contribution in [-0.2, 0) is 0 Å². The minimum Gasteiger partial charge on any atom is -0.314 e. The Morgan fingerprint density at radius 3 is 2.31 bits per heavy atom. The second kappa shape index (κ2) is 10.0. The molecule has 1 nitrogen and oxygen atoms in total. The van der Waals surface area contributed by atoms with E-state index >= 15 is 0 Å². The monoisotopic (exact) mass is 184 g/mol. The van der Waals surface area contributed by atoms with E-state index in [0.29, 0.717) is 6.04 Å². The summed E-state index contributed by atoms with van der Waals surface area (Å²) in [5.74, 6) is 0. The zero-order chi connectivity index (χ0) is 9.94. The van der Waals surface area contributed by atoms with Crippen LogP contribution in [0.2, 0.25) is 0 Å². The highest BCUT2D eigenvalue weighted by Crippen LogP contribution is 2.01. The molecule has 0 saturated heterocycles. The molecule has 0 aromatic carbocycles. The van der Waals surface area contributed by atoms with E-state index in [9.17, 15) is 0 Å². The molecule has 0 fully saturated rings. The van der Waals surface area contributed by atoms with E-state index in [1.165, 1.54) is 44.9 Å². The predicted molar refractivity (Wildman–Crippen MR) is 60.8 cm³/mol. The largest absolute Gasteiger partial charge is 0.314 e. The van der Waals surface area contributed by atoms with Crippen molar-refractivity contribution in [2.24, 2.45) is 0 Å². The molecular formula is C12H26N. The summed E-state index contributed by atoms with van der Waals surface area (Å²) in [7, 11) is 0. The van der Waals surface area contributed by atoms with Crippen LogP contribution in [0.5, 0.6) is 0 Å². The highest BCUT2D eigenvalue weighted by Gasteiger charge is 1.98. The van der Waals surface area contributed by atoms with Gasteiger partial charge < -0.3 is 5.32 Å². The van der Waals surface area contributed by atoms with Gasteiger partial charge in [0.2, 0.25) is 0 Å². The van der Waals surface area contributed by atoms with Crippen molar-refractivity contribution in [3.63, 3.8) is 0 Å². The van der Waals surface area contributed by atoms with Gasteiger partial charge in [0.25, 0.3) is 0 Å². The molecule has 1 atom stereocenters. The number of rotatable bonds is 9. The molecule has 1 heteroatoms. The summed E-state index contributed by atoms with van der Waals surface area (Å²) in [6, 6.07) is 0.474. The van der Waals surface area contributed by atoms with Gasteiger partial charge in [0.1, 0.15) is 0 Å². The van der Waals surface area contributed by atoms with Gasteiger partial charge in [0.15, 0.2) is 0 Å². The Hall–Kier alpha value is -0.0400. The van der Waals surface area contributed by atoms with E-state index in [4.69, 9.17) is 0 Å². The summed E-state index contributed by atoms with van der Waals surface area (Å²) in [5, 5.41) is 3.47. The van der Waals surface area contributed by atoms with Gasteiger partial charge in [-0.3, -0.25) is 0 Å². The first-order valence-electron chi connectivity index (χ1n) is 5.87. The van der Waals surface area contributed by atoms with Crippen molar-refractivity contribution in [3.8, 4) is 0 Å². The fourth-order valence-corrected chi connectivity index (χ4v) is 1.41. The highest BCUT2D eigenvalue weighted by molar-refractivity contribution is 4.68. The van der Waals surface area contributed by atoms with E-state index < -0.39 is 0 Å². The topological polar surface area (TPSA) is 12.0 Å². The molecule has 13 heavy (non-hydrogen) atoms. The number of hydrogen-bond donors (Lipinski definition) is 1. The molecule has 0 heterocycles. The lowest BCUT2D eigenvalue weighted by molar-refractivity contribution is 0.509. The molecule has 0 aliphatic rings. The van der Waals surface area contributed by atoms with E-state index in [0.717, 1.165) is 6.54 Å². The third kappa shape index (κ3) is 9.88. The Morgan fingerprint density at radius 2 is 1.69 bits per heavy atom. The van der Waals surface area contributed by atoms with Crippen molar-refractivity contribution >= 4 is 0 Å². The minimum absolute atomic E-state index is 0.474. The second-order valence-corrected chi connectivity index (χ2v) is 3.85. The molecule has 0 aromatic rings. The molecule has 0 spiro atoms. The molecular weight excluding hydrogens is 158 g/mol. The first-order valence-corrected chi connectivity index (χ1v) is 5.87. The van der Waals surface area contributed by atoms with Crippen molar-refractivity contribution < 1.29 is 0 Å². The molecule has 1 N–H and O–H groups in total. The summed E-state index contributed by atoms with van der Waals surface area (Å²) in [4.78, 5) is 0. The lowest BCUT2D eigenvalue weighted by Crippen LogP contribution is -2.27. The van der Waals surface area contributed by atoms with Crippen molar-refractivity contribution in [2.45, 2.75) is 64.8 Å². The molecule has 0 rings (SSSR count). The Kier molecular flexibility index (Phi) is 10.0. The van der Waals surface area contributed by atoms with Crippen LogP contribution in [0, 0.1) is 6.92 Å². The molecule has 0 saturated carbocycles. The molecule has 0 aliphatic heterocycles. The fraction of sp³-hybridized carbons (Fsp3) is 0.917. The Morgan fingerprint density at radius 1 is 1.00 bits per heavy atom. The van der Waals surface area contributed by atoms with E-state index in [1.54, 1.807) is 0 Å². The smallest absolute Gasteiger partial charge is 0.00676 e. The number of hydrogen-bond acceptors (Lipinski definition) is 1. The van der Waals surface area contributed by atoms with Crippen LogP contribution in [0.1, 0.15) is 58.8 Å². The van der Waals surface area contributed by atoms with Gasteiger partial charge in [-0.1, -0.05) is 46.0 Å². The summed E-state index contributed by atoms with van der Waals surface area (Å²) in [6.07, 6.45) is 9.18. The highest BCUT2D eigenvalue weighted by atomic mass is 14.9. The van der Waals surface area contributed by atoms with Crippen LogP contribution in [0.4, 0.5) is 0 Å². The summed E-state index contributed by atoms with van der Waals surface area (Å²) >= 11 is 0. The fourth-order valence-electron chi connectivity index (χ4n) is 1.41. The lowest BCUT2D eigenvalue weighted by Gasteiger charge is -2.12. The molecule has 0 aliphatic carbocycles. The molecule has 0 amide bonds. The van der Waals surface area contributed by atoms with Gasteiger partial charge in [-0.05, 0) is 26.3 Å². The van der Waals surface area contributed by atoms with Gasteiger partial charge in [-0.2, -0.15) is 0 Å². The quantitative estimate of drug-likeness (QED) is 0.540. The first-order chi connectivity index (χ1) is 6.31. The van der Waals surface area contributed by atoms with Crippen molar-refractivity contribution in [3.05, 3.63) is 6.92 Å². The summed E-state index contributed by atoms with van der Waals surface area (Å²) in [6.45, 7) is 9.71. The van der Waals surface area contributed by atoms with Crippen molar-refractivity contribution in [2.75, 3.05) is 6.54 Å². The van der Waals surface area contributed by atoms with Crippen LogP contribution in [0.15, 0.2) is 0 Å². The van der Waals surface area contributed by atoms with Crippen LogP contribution in [0.25, 0.3) is 0 Å². The third-order valence-corrected chi connectivity index (χ3v) is 2.37. The van der Waals surface area contributed by atoms with Gasteiger partial charge in [0, 0.05) is 6.04 Å². The maximum Gasteiger partial charge on any atom is 0.00676 e. The second-order valence-electron chi connectivity index (χ2n) is 3.85. The molecule has 1 radical (unpaired) electrons. The average molecular weight is 184 g/mol. The minimum atomic E-state index is 0.474. The Bertz CT molecular complexity index is 91.1. The van der Waals surface area contributed by atoms with E-state index in [-0.39, 0.29) is 0 Å². The molecule has 1 unspecified atom stereocenters. The normalized spacial score (nSPS) is 13.2. The first kappa shape index (κ1) is 13.0. The van der Waals surface area contributed by atoms with Crippen LogP contribution in [0.3, 0.4) is 0 Å². The van der Waals surface area contributed by atoms with Crippen LogP contribution in [-0.4, -0.2) is 12.6 Å². The zero-order valence-electron chi connectivity index (χ0n) is 9.44. The molecule has 0 bridgehead atoms. The Balaban J connectivity index is 3.03. The van der Waals surface area contributed by atoms with Crippen LogP contribution >= 0.6 is 0 Å². The van der Waals surface area contributed by atoms with E-state index in [1.807, 2.05) is 0 Å². The standard InChI is InChI=1S/C12H26N/c1-4-6-8-9-11-13-12(3)10-7-5-2/h12-13H,3-11H2,1-2H3. The molecule has 79 valence electrons. The van der Waals surface area contributed by atoms with Gasteiger partial charge >= 0.3 is 0 Å². The van der Waals surface area contributed by atoms with Gasteiger partial charge in [0.05, 0.1) is 0 Å². The number of unbranched alkanes of at least 4 members (excludes halogenated alkanes) is 4. The maximum atomic E-state index is 4.08. The Labute approximate surface area is 84.3 Å². The predicted octanol–water partition coefficient (Wildman–Crippen LogP) is 3.55. The van der Waals surface area contributed by atoms with Gasteiger partial charge in [-0.15, -0.1) is 0 Å². The lowest BCUT2D eigenvalue weighted by atomic mass is 10.1. The van der Waals surface area contributed by atoms with E-state index in [2.05, 4.69) is 26.1 Å². The summed E-state index contributed by atoms with van der Waals surface area (Å²) < 4.78 is 0. The van der Waals surface area contributed by atoms with Crippen molar-refractivity contribution in [1.29, 1.82) is 0 Å². The molecule has 0 aromatic heterocycles. The maximum absolute atomic E-state index is 4.08. The third-order valence-electron chi connectivity index (χ3n) is 2.37. The van der Waals surface area contributed by atoms with Crippen LogP contribution < -0.4 is 5.32 Å². The average Bonchev–Trinajstić information content (AvgIpc) is 2.14.